The number of esters is 3. The Morgan fingerprint density at radius 1 is 1.26 bits per heavy atom. The zero-order valence-electron chi connectivity index (χ0n) is 19.2. The largest absolute Gasteiger partial charge is 0.458 e. The molecule has 7 nitrogen and oxygen atoms in total. The molecule has 2 aliphatic heterocycles. The van der Waals surface area contributed by atoms with E-state index in [1.807, 2.05) is 13.0 Å². The van der Waals surface area contributed by atoms with Crippen molar-refractivity contribution in [3.8, 4) is 0 Å². The zero-order valence-corrected chi connectivity index (χ0v) is 20.8. The molecule has 180 valence electrons. The molecule has 1 aromatic rings. The van der Waals surface area contributed by atoms with Crippen molar-refractivity contribution < 1.29 is 33.3 Å². The molecule has 2 heterocycles. The van der Waals surface area contributed by atoms with E-state index in [9.17, 15) is 14.4 Å². The van der Waals surface area contributed by atoms with Gasteiger partial charge >= 0.3 is 17.9 Å². The van der Waals surface area contributed by atoms with Crippen LogP contribution in [0.4, 0.5) is 0 Å². The van der Waals surface area contributed by atoms with Crippen molar-refractivity contribution in [2.24, 2.45) is 5.92 Å². The molecule has 1 aromatic carbocycles. The van der Waals surface area contributed by atoms with Crippen LogP contribution >= 0.6 is 15.9 Å². The van der Waals surface area contributed by atoms with Crippen molar-refractivity contribution >= 4 is 33.8 Å². The van der Waals surface area contributed by atoms with Gasteiger partial charge in [0, 0.05) is 22.0 Å². The van der Waals surface area contributed by atoms with E-state index in [-0.39, 0.29) is 30.3 Å². The first-order valence-electron chi connectivity index (χ1n) is 11.1. The van der Waals surface area contributed by atoms with Crippen LogP contribution in [0.2, 0.25) is 0 Å². The molecular formula is C26H27BrO7. The quantitative estimate of drug-likeness (QED) is 0.182. The minimum atomic E-state index is -0.752. The molecular weight excluding hydrogens is 504 g/mol. The summed E-state index contributed by atoms with van der Waals surface area (Å²) in [5.74, 6) is -2.12. The van der Waals surface area contributed by atoms with E-state index >= 15 is 0 Å². The van der Waals surface area contributed by atoms with Crippen LogP contribution in [-0.2, 0) is 28.5 Å². The Morgan fingerprint density at radius 2 is 1.97 bits per heavy atom. The normalized spacial score (nSPS) is 30.3. The molecule has 34 heavy (non-hydrogen) atoms. The third-order valence-electron chi connectivity index (χ3n) is 6.51. The molecule has 0 N–H and O–H groups in total. The first-order chi connectivity index (χ1) is 16.1. The molecule has 0 spiro atoms. The van der Waals surface area contributed by atoms with Gasteiger partial charge in [0.15, 0.2) is 0 Å². The third kappa shape index (κ3) is 5.03. The Labute approximate surface area is 206 Å². The number of hydrogen-bond acceptors (Lipinski definition) is 7. The molecule has 8 heteroatoms. The molecule has 0 saturated carbocycles. The highest BCUT2D eigenvalue weighted by molar-refractivity contribution is 9.10. The van der Waals surface area contributed by atoms with Gasteiger partial charge < -0.3 is 18.9 Å². The average molecular weight is 531 g/mol. The number of halogens is 1. The molecule has 2 saturated heterocycles. The van der Waals surface area contributed by atoms with Gasteiger partial charge in [0.05, 0.1) is 17.1 Å². The fraction of sp³-hybridized carbons (Fsp3) is 0.423. The maximum Gasteiger partial charge on any atom is 0.338 e. The summed E-state index contributed by atoms with van der Waals surface area (Å²) in [7, 11) is 0. The van der Waals surface area contributed by atoms with E-state index in [1.165, 1.54) is 0 Å². The number of rotatable bonds is 5. The second-order valence-electron chi connectivity index (χ2n) is 9.18. The summed E-state index contributed by atoms with van der Waals surface area (Å²) in [5.41, 5.74) is 1.24. The number of epoxide rings is 1. The van der Waals surface area contributed by atoms with Gasteiger partial charge in [-0.3, -0.25) is 0 Å². The number of ether oxygens (including phenoxy) is 4. The first-order valence-corrected chi connectivity index (χ1v) is 11.9. The SMILES string of the molecule is C=C(C)C(=O)OC1CC(COC(=O)c2ccc(Br)cc2)=CCCC2(C)OC2C2OC(=O)C(=C)C12. The summed E-state index contributed by atoms with van der Waals surface area (Å²) in [6, 6.07) is 6.88. The highest BCUT2D eigenvalue weighted by Crippen LogP contribution is 2.50. The van der Waals surface area contributed by atoms with Crippen molar-refractivity contribution in [1.29, 1.82) is 0 Å². The second kappa shape index (κ2) is 9.50. The minimum Gasteiger partial charge on any atom is -0.458 e. The maximum atomic E-state index is 12.6. The van der Waals surface area contributed by atoms with Gasteiger partial charge in [-0.1, -0.05) is 35.2 Å². The monoisotopic (exact) mass is 530 g/mol. The zero-order chi connectivity index (χ0) is 24.6. The lowest BCUT2D eigenvalue weighted by Crippen LogP contribution is -2.39. The van der Waals surface area contributed by atoms with E-state index in [1.54, 1.807) is 31.2 Å². The van der Waals surface area contributed by atoms with E-state index in [4.69, 9.17) is 18.9 Å². The van der Waals surface area contributed by atoms with Crippen LogP contribution in [0.3, 0.4) is 0 Å². The standard InChI is InChI=1S/C26H27BrO7/c1-14(2)23(28)32-19-12-16(13-31-25(30)17-7-9-18(27)10-8-17)6-5-11-26(4)22(34-26)21-20(19)15(3)24(29)33-21/h6-10,19-22H,1,3,5,11-13H2,2,4H3. The molecule has 0 aromatic heterocycles. The predicted octanol–water partition coefficient (Wildman–Crippen LogP) is 4.46. The smallest absolute Gasteiger partial charge is 0.338 e. The number of allylic oxidation sites excluding steroid dienone is 1. The number of carbonyl (C=O) groups excluding carboxylic acids is 3. The van der Waals surface area contributed by atoms with Gasteiger partial charge in [0.1, 0.15) is 24.9 Å². The van der Waals surface area contributed by atoms with Crippen LogP contribution in [0.25, 0.3) is 0 Å². The van der Waals surface area contributed by atoms with Crippen LogP contribution in [0.5, 0.6) is 0 Å². The number of fused-ring (bicyclic) bond motifs is 3. The average Bonchev–Trinajstić information content (AvgIpc) is 3.37. The summed E-state index contributed by atoms with van der Waals surface area (Å²) >= 11 is 3.35. The van der Waals surface area contributed by atoms with E-state index < -0.39 is 41.6 Å². The fourth-order valence-corrected chi connectivity index (χ4v) is 4.76. The van der Waals surface area contributed by atoms with Crippen LogP contribution < -0.4 is 0 Å². The van der Waals surface area contributed by atoms with Crippen molar-refractivity contribution in [1.82, 2.24) is 0 Å². The maximum absolute atomic E-state index is 12.6. The first kappa shape index (κ1) is 24.4. The van der Waals surface area contributed by atoms with Crippen molar-refractivity contribution in [3.63, 3.8) is 0 Å². The Balaban J connectivity index is 1.58. The summed E-state index contributed by atoms with van der Waals surface area (Å²) in [5, 5.41) is 0. The van der Waals surface area contributed by atoms with Crippen LogP contribution in [0, 0.1) is 5.92 Å². The van der Waals surface area contributed by atoms with Crippen LogP contribution in [0.1, 0.15) is 43.5 Å². The Kier molecular flexibility index (Phi) is 6.82. The molecule has 3 aliphatic rings. The van der Waals surface area contributed by atoms with Crippen LogP contribution in [0.15, 0.2) is 64.7 Å². The van der Waals surface area contributed by atoms with Gasteiger partial charge in [-0.2, -0.15) is 0 Å². The van der Waals surface area contributed by atoms with E-state index in [2.05, 4.69) is 29.1 Å². The number of carbonyl (C=O) groups is 3. The highest BCUT2D eigenvalue weighted by Gasteiger charge is 2.63. The molecule has 0 amide bonds. The minimum absolute atomic E-state index is 0.0235. The summed E-state index contributed by atoms with van der Waals surface area (Å²) in [6.07, 6.45) is 1.98. The lowest BCUT2D eigenvalue weighted by molar-refractivity contribution is -0.148. The molecule has 5 atom stereocenters. The Morgan fingerprint density at radius 3 is 2.65 bits per heavy atom. The van der Waals surface area contributed by atoms with Crippen molar-refractivity contribution in [2.45, 2.75) is 57.0 Å². The van der Waals surface area contributed by atoms with E-state index in [0.29, 0.717) is 18.4 Å². The number of benzene rings is 1. The summed E-state index contributed by atoms with van der Waals surface area (Å²) in [4.78, 5) is 37.4. The third-order valence-corrected chi connectivity index (χ3v) is 7.04. The van der Waals surface area contributed by atoms with Crippen molar-refractivity contribution in [2.75, 3.05) is 6.61 Å². The molecule has 4 rings (SSSR count). The molecule has 2 fully saturated rings. The molecule has 0 bridgehead atoms. The Hall–Kier alpha value is -2.71. The molecule has 0 radical (unpaired) electrons. The van der Waals surface area contributed by atoms with Crippen LogP contribution in [-0.4, -0.2) is 48.4 Å². The van der Waals surface area contributed by atoms with Crippen molar-refractivity contribution in [3.05, 3.63) is 70.3 Å². The highest BCUT2D eigenvalue weighted by atomic mass is 79.9. The predicted molar refractivity (Wildman–Crippen MR) is 127 cm³/mol. The summed E-state index contributed by atoms with van der Waals surface area (Å²) in [6.45, 7) is 11.1. The molecule has 5 unspecified atom stereocenters. The topological polar surface area (TPSA) is 91.4 Å². The molecule has 1 aliphatic carbocycles. The van der Waals surface area contributed by atoms with Gasteiger partial charge in [-0.15, -0.1) is 0 Å². The fourth-order valence-electron chi connectivity index (χ4n) is 4.49. The van der Waals surface area contributed by atoms with Gasteiger partial charge in [0.2, 0.25) is 0 Å². The van der Waals surface area contributed by atoms with E-state index in [0.717, 1.165) is 10.0 Å². The number of hydrogen-bond donors (Lipinski definition) is 0. The lowest BCUT2D eigenvalue weighted by atomic mass is 9.82. The summed E-state index contributed by atoms with van der Waals surface area (Å²) < 4.78 is 23.8. The lowest BCUT2D eigenvalue weighted by Gasteiger charge is -2.28. The van der Waals surface area contributed by atoms with Gasteiger partial charge in [-0.05, 0) is 56.5 Å². The van der Waals surface area contributed by atoms with Gasteiger partial charge in [0.25, 0.3) is 0 Å². The van der Waals surface area contributed by atoms with Gasteiger partial charge in [-0.25, -0.2) is 14.4 Å². The Bertz CT molecular complexity index is 1070. The second-order valence-corrected chi connectivity index (χ2v) is 10.1.